The number of hydrogen-bond donors (Lipinski definition) is 2. The number of amides is 1. The van der Waals surface area contributed by atoms with Gasteiger partial charge in [0.25, 0.3) is 0 Å². The van der Waals surface area contributed by atoms with Crippen LogP contribution in [0.1, 0.15) is 39.5 Å². The average Bonchev–Trinajstić information content (AvgIpc) is 2.35. The molecule has 1 fully saturated rings. The molecule has 3 nitrogen and oxygen atoms in total. The molecule has 3 N–H and O–H groups in total. The molecule has 1 aliphatic carbocycles. The van der Waals surface area contributed by atoms with Crippen LogP contribution in [0.2, 0.25) is 0 Å². The highest BCUT2D eigenvalue weighted by Gasteiger charge is 2.42. The van der Waals surface area contributed by atoms with Crippen molar-refractivity contribution in [2.24, 2.45) is 23.0 Å². The van der Waals surface area contributed by atoms with Crippen LogP contribution in [0.5, 0.6) is 0 Å². The van der Waals surface area contributed by atoms with E-state index in [4.69, 9.17) is 18.0 Å². The summed E-state index contributed by atoms with van der Waals surface area (Å²) >= 11 is 4.90. The van der Waals surface area contributed by atoms with E-state index in [9.17, 15) is 18.0 Å². The number of thiocarbonyl (C=S) groups is 1. The van der Waals surface area contributed by atoms with E-state index >= 15 is 0 Å². The van der Waals surface area contributed by atoms with Crippen molar-refractivity contribution in [3.05, 3.63) is 0 Å². The summed E-state index contributed by atoms with van der Waals surface area (Å²) in [6.45, 7) is 3.94. The van der Waals surface area contributed by atoms with Gasteiger partial charge in [0, 0.05) is 17.9 Å². The molecule has 0 radical (unpaired) electrons. The first-order valence-electron chi connectivity index (χ1n) is 6.68. The fourth-order valence-electron chi connectivity index (χ4n) is 2.22. The fraction of sp³-hybridized carbons (Fsp3) is 0.846. The predicted molar refractivity (Wildman–Crippen MR) is 75.1 cm³/mol. The Morgan fingerprint density at radius 2 is 1.75 bits per heavy atom. The molecule has 1 rings (SSSR count). The summed E-state index contributed by atoms with van der Waals surface area (Å²) < 4.78 is 37.6. The van der Waals surface area contributed by atoms with Gasteiger partial charge in [-0.2, -0.15) is 13.2 Å². The van der Waals surface area contributed by atoms with Crippen LogP contribution in [0, 0.1) is 17.3 Å². The number of rotatable bonds is 4. The van der Waals surface area contributed by atoms with Gasteiger partial charge >= 0.3 is 6.18 Å². The van der Waals surface area contributed by atoms with E-state index in [1.807, 2.05) is 13.8 Å². The molecule has 7 heteroatoms. The Hall–Kier alpha value is -0.850. The molecule has 0 unspecified atom stereocenters. The van der Waals surface area contributed by atoms with Gasteiger partial charge in [0.2, 0.25) is 5.91 Å². The minimum Gasteiger partial charge on any atom is -0.393 e. The number of nitrogens with one attached hydrogen (secondary N) is 1. The molecule has 0 aromatic heterocycles. The molecule has 0 atom stereocenters. The van der Waals surface area contributed by atoms with Crippen molar-refractivity contribution in [1.82, 2.24) is 5.32 Å². The Kier molecular flexibility index (Phi) is 5.40. The van der Waals surface area contributed by atoms with Crippen LogP contribution in [-0.4, -0.2) is 23.6 Å². The van der Waals surface area contributed by atoms with Crippen molar-refractivity contribution in [2.45, 2.75) is 45.7 Å². The van der Waals surface area contributed by atoms with Crippen LogP contribution in [0.25, 0.3) is 0 Å². The van der Waals surface area contributed by atoms with Crippen molar-refractivity contribution in [2.75, 3.05) is 6.54 Å². The molecule has 1 saturated carbocycles. The second-order valence-electron chi connectivity index (χ2n) is 6.06. The van der Waals surface area contributed by atoms with Gasteiger partial charge in [-0.3, -0.25) is 4.79 Å². The Labute approximate surface area is 122 Å². The number of hydrogen-bond acceptors (Lipinski definition) is 2. The van der Waals surface area contributed by atoms with E-state index < -0.39 is 17.5 Å². The maximum atomic E-state index is 12.5. The summed E-state index contributed by atoms with van der Waals surface area (Å²) in [5.41, 5.74) is 5.06. The number of carbonyl (C=O) groups is 1. The van der Waals surface area contributed by atoms with E-state index in [1.165, 1.54) is 0 Å². The highest BCUT2D eigenvalue weighted by Crippen LogP contribution is 2.39. The zero-order chi connectivity index (χ0) is 15.6. The van der Waals surface area contributed by atoms with Gasteiger partial charge in [0.05, 0.1) is 10.9 Å². The van der Waals surface area contributed by atoms with Gasteiger partial charge in [-0.1, -0.05) is 26.1 Å². The van der Waals surface area contributed by atoms with Gasteiger partial charge in [-0.25, -0.2) is 0 Å². The maximum Gasteiger partial charge on any atom is 0.391 e. The summed E-state index contributed by atoms with van der Waals surface area (Å²) in [4.78, 5) is 12.3. The Morgan fingerprint density at radius 3 is 2.15 bits per heavy atom. The van der Waals surface area contributed by atoms with Crippen molar-refractivity contribution in [3.63, 3.8) is 0 Å². The Balaban J connectivity index is 2.42. The van der Waals surface area contributed by atoms with Gasteiger partial charge in [0.15, 0.2) is 0 Å². The van der Waals surface area contributed by atoms with Gasteiger partial charge in [-0.05, 0) is 25.7 Å². The fourth-order valence-corrected chi connectivity index (χ4v) is 2.29. The second-order valence-corrected chi connectivity index (χ2v) is 6.50. The van der Waals surface area contributed by atoms with Crippen LogP contribution >= 0.6 is 12.2 Å². The highest BCUT2D eigenvalue weighted by molar-refractivity contribution is 7.80. The zero-order valence-electron chi connectivity index (χ0n) is 11.7. The van der Waals surface area contributed by atoms with Gasteiger partial charge in [0.1, 0.15) is 0 Å². The molecule has 0 bridgehead atoms. The first-order chi connectivity index (χ1) is 9.04. The van der Waals surface area contributed by atoms with Crippen LogP contribution in [0.4, 0.5) is 13.2 Å². The normalized spacial score (nSPS) is 24.2. The SMILES string of the molecule is CC(C)(CNC(=O)C1CCC(C(F)(F)F)CC1)C(N)=S. The number of halogens is 3. The third-order valence-electron chi connectivity index (χ3n) is 3.93. The van der Waals surface area contributed by atoms with Gasteiger partial charge in [-0.15, -0.1) is 0 Å². The van der Waals surface area contributed by atoms with Crippen molar-refractivity contribution in [1.29, 1.82) is 0 Å². The van der Waals surface area contributed by atoms with Crippen molar-refractivity contribution < 1.29 is 18.0 Å². The summed E-state index contributed by atoms with van der Waals surface area (Å²) in [7, 11) is 0. The molecular formula is C13H21F3N2OS. The summed E-state index contributed by atoms with van der Waals surface area (Å²) in [6.07, 6.45) is -3.53. The minimum atomic E-state index is -4.14. The summed E-state index contributed by atoms with van der Waals surface area (Å²) in [6, 6.07) is 0. The van der Waals surface area contributed by atoms with E-state index in [-0.39, 0.29) is 37.5 Å². The first kappa shape index (κ1) is 17.2. The lowest BCUT2D eigenvalue weighted by Crippen LogP contribution is -2.44. The van der Waals surface area contributed by atoms with Crippen molar-refractivity contribution >= 4 is 23.1 Å². The monoisotopic (exact) mass is 310 g/mol. The molecule has 20 heavy (non-hydrogen) atoms. The summed E-state index contributed by atoms with van der Waals surface area (Å²) in [5.74, 6) is -1.80. The Bertz CT molecular complexity index is 374. The van der Waals surface area contributed by atoms with E-state index in [2.05, 4.69) is 5.32 Å². The molecule has 0 aromatic rings. The molecular weight excluding hydrogens is 289 g/mol. The van der Waals surface area contributed by atoms with Gasteiger partial charge < -0.3 is 11.1 Å². The second kappa shape index (κ2) is 6.28. The largest absolute Gasteiger partial charge is 0.393 e. The Morgan fingerprint density at radius 1 is 1.25 bits per heavy atom. The first-order valence-corrected chi connectivity index (χ1v) is 7.09. The molecule has 1 amide bonds. The quantitative estimate of drug-likeness (QED) is 0.785. The molecule has 0 saturated heterocycles. The lowest BCUT2D eigenvalue weighted by molar-refractivity contribution is -0.184. The molecule has 0 aromatic carbocycles. The van der Waals surface area contributed by atoms with Crippen LogP contribution < -0.4 is 11.1 Å². The van der Waals surface area contributed by atoms with E-state index in [0.29, 0.717) is 11.5 Å². The van der Waals surface area contributed by atoms with E-state index in [0.717, 1.165) is 0 Å². The smallest absolute Gasteiger partial charge is 0.391 e. The minimum absolute atomic E-state index is 0.0281. The summed E-state index contributed by atoms with van der Waals surface area (Å²) in [5, 5.41) is 2.74. The molecule has 0 spiro atoms. The standard InChI is InChI=1S/C13H21F3N2OS/c1-12(2,11(17)20)7-18-10(19)8-3-5-9(6-4-8)13(14,15)16/h8-9H,3-7H2,1-2H3,(H2,17,20)(H,18,19). The molecule has 0 heterocycles. The lowest BCUT2D eigenvalue weighted by Gasteiger charge is -2.30. The number of nitrogens with two attached hydrogens (primary N) is 1. The van der Waals surface area contributed by atoms with E-state index in [1.54, 1.807) is 0 Å². The average molecular weight is 310 g/mol. The molecule has 1 aliphatic rings. The topological polar surface area (TPSA) is 55.1 Å². The van der Waals surface area contributed by atoms with Crippen LogP contribution in [0.3, 0.4) is 0 Å². The maximum absolute atomic E-state index is 12.5. The number of alkyl halides is 3. The number of carbonyl (C=O) groups excluding carboxylic acids is 1. The highest BCUT2D eigenvalue weighted by atomic mass is 32.1. The van der Waals surface area contributed by atoms with Crippen LogP contribution in [0.15, 0.2) is 0 Å². The molecule has 0 aliphatic heterocycles. The lowest BCUT2D eigenvalue weighted by atomic mass is 9.81. The zero-order valence-corrected chi connectivity index (χ0v) is 12.5. The third kappa shape index (κ3) is 4.61. The third-order valence-corrected chi connectivity index (χ3v) is 4.49. The predicted octanol–water partition coefficient (Wildman–Crippen LogP) is 2.78. The van der Waals surface area contributed by atoms with Crippen LogP contribution in [-0.2, 0) is 4.79 Å². The van der Waals surface area contributed by atoms with Crippen molar-refractivity contribution in [3.8, 4) is 0 Å². The molecule has 116 valence electrons.